The number of aromatic nitrogens is 2. The van der Waals surface area contributed by atoms with Crippen molar-refractivity contribution < 1.29 is 4.74 Å². The van der Waals surface area contributed by atoms with Gasteiger partial charge in [0.2, 0.25) is 5.16 Å². The predicted molar refractivity (Wildman–Crippen MR) is 73.4 cm³/mol. The van der Waals surface area contributed by atoms with E-state index in [4.69, 9.17) is 4.74 Å². The molecule has 7 heteroatoms. The first-order chi connectivity index (χ1) is 8.30. The number of thioether (sulfide) groups is 1. The van der Waals surface area contributed by atoms with Crippen LogP contribution in [0, 0.1) is 0 Å². The summed E-state index contributed by atoms with van der Waals surface area (Å²) in [7, 11) is 3.63. The first kappa shape index (κ1) is 14.0. The van der Waals surface area contributed by atoms with Gasteiger partial charge >= 0.3 is 0 Å². The molecule has 0 amide bonds. The zero-order chi connectivity index (χ0) is 12.5. The average Bonchev–Trinajstić information content (AvgIpc) is 2.81. The molecule has 17 heavy (non-hydrogen) atoms. The highest BCUT2D eigenvalue weighted by molar-refractivity contribution is 7.98. The maximum Gasteiger partial charge on any atom is 0.294 e. The largest absolute Gasteiger partial charge is 0.463 e. The highest BCUT2D eigenvalue weighted by Crippen LogP contribution is 2.19. The monoisotopic (exact) mass is 272 g/mol. The fourth-order valence-electron chi connectivity index (χ4n) is 1.01. The summed E-state index contributed by atoms with van der Waals surface area (Å²) in [5.74, 6) is 0. The smallest absolute Gasteiger partial charge is 0.294 e. The van der Waals surface area contributed by atoms with Crippen molar-refractivity contribution in [2.24, 2.45) is 4.99 Å². The number of hydrogen-bond acceptors (Lipinski definition) is 7. The van der Waals surface area contributed by atoms with E-state index in [1.54, 1.807) is 7.05 Å². The van der Waals surface area contributed by atoms with Crippen LogP contribution in [-0.4, -0.2) is 42.0 Å². The Hall–Kier alpha value is -1.08. The topological polar surface area (TPSA) is 59.4 Å². The maximum absolute atomic E-state index is 5.52. The molecule has 1 heterocycles. The van der Waals surface area contributed by atoms with Gasteiger partial charge in [-0.05, 0) is 12.5 Å². The van der Waals surface area contributed by atoms with Crippen molar-refractivity contribution in [2.45, 2.75) is 11.6 Å². The molecule has 1 aromatic heterocycles. The lowest BCUT2D eigenvalue weighted by molar-refractivity contribution is 0.370. The number of hydrogen-bond donors (Lipinski definition) is 1. The predicted octanol–water partition coefficient (Wildman–Crippen LogP) is 1.83. The molecule has 0 bridgehead atoms. The third kappa shape index (κ3) is 5.18. The molecule has 0 aliphatic heterocycles. The van der Waals surface area contributed by atoms with Crippen LogP contribution in [0.4, 0.5) is 0 Å². The van der Waals surface area contributed by atoms with Gasteiger partial charge in [-0.2, -0.15) is 9.36 Å². The van der Waals surface area contributed by atoms with Crippen LogP contribution in [0.15, 0.2) is 22.4 Å². The van der Waals surface area contributed by atoms with Crippen molar-refractivity contribution in [1.29, 1.82) is 0 Å². The van der Waals surface area contributed by atoms with Crippen molar-refractivity contribution in [3.63, 3.8) is 0 Å². The van der Waals surface area contributed by atoms with Gasteiger partial charge in [0.15, 0.2) is 0 Å². The second-order valence-corrected chi connectivity index (χ2v) is 4.51. The van der Waals surface area contributed by atoms with Crippen LogP contribution in [0.3, 0.4) is 0 Å². The lowest BCUT2D eigenvalue weighted by Gasteiger charge is -2.03. The molecule has 0 saturated heterocycles. The summed E-state index contributed by atoms with van der Waals surface area (Å²) in [5.41, 5.74) is 0.970. The van der Waals surface area contributed by atoms with Crippen LogP contribution in [-0.2, 0) is 0 Å². The highest BCUT2D eigenvalue weighted by Gasteiger charge is 2.05. The minimum absolute atomic E-state index is 0.452. The number of allylic oxidation sites excluding steroid dienone is 1. The van der Waals surface area contributed by atoms with Crippen LogP contribution in [0.5, 0.6) is 5.19 Å². The Labute approximate surface area is 110 Å². The van der Waals surface area contributed by atoms with Crippen molar-refractivity contribution in [1.82, 2.24) is 14.7 Å². The zero-order valence-electron chi connectivity index (χ0n) is 10.1. The Morgan fingerprint density at radius 1 is 1.65 bits per heavy atom. The second kappa shape index (κ2) is 8.08. The summed E-state index contributed by atoms with van der Waals surface area (Å²) < 4.78 is 9.64. The van der Waals surface area contributed by atoms with Crippen LogP contribution < -0.4 is 10.1 Å². The van der Waals surface area contributed by atoms with Gasteiger partial charge in [0, 0.05) is 32.0 Å². The number of nitrogens with one attached hydrogen (secondary N) is 1. The van der Waals surface area contributed by atoms with Gasteiger partial charge in [-0.1, -0.05) is 17.8 Å². The van der Waals surface area contributed by atoms with Gasteiger partial charge in [-0.3, -0.25) is 4.99 Å². The van der Waals surface area contributed by atoms with Crippen molar-refractivity contribution in [2.75, 3.05) is 27.0 Å². The van der Waals surface area contributed by atoms with E-state index in [2.05, 4.69) is 19.7 Å². The molecule has 5 nitrogen and oxygen atoms in total. The van der Waals surface area contributed by atoms with Crippen LogP contribution in [0.25, 0.3) is 0 Å². The molecule has 1 N–H and O–H groups in total. The summed E-state index contributed by atoms with van der Waals surface area (Å²) in [6, 6.07) is 0. The minimum atomic E-state index is 0.452. The van der Waals surface area contributed by atoms with Crippen LogP contribution >= 0.6 is 23.3 Å². The quantitative estimate of drug-likeness (QED) is 0.606. The first-order valence-electron chi connectivity index (χ1n) is 5.07. The summed E-state index contributed by atoms with van der Waals surface area (Å²) in [6.45, 7) is 0.452. The van der Waals surface area contributed by atoms with Crippen molar-refractivity contribution >= 4 is 29.0 Å². The minimum Gasteiger partial charge on any atom is -0.463 e. The van der Waals surface area contributed by atoms with Gasteiger partial charge in [0.1, 0.15) is 6.61 Å². The SMILES string of the molecule is CN=C(C/C=C\NC)COc1nc(SC)ns1. The Bertz CT molecular complexity index is 389. The standard InChI is InChI=1S/C10H16N4OS2/c1-11-6-4-5-8(12-2)7-15-10-13-9(16-3)14-17-10/h4,6,11H,5,7H2,1-3H3/b6-4-,12-8?. The normalized spacial score (nSPS) is 12.1. The van der Waals surface area contributed by atoms with Crippen LogP contribution in [0.2, 0.25) is 0 Å². The van der Waals surface area contributed by atoms with E-state index >= 15 is 0 Å². The molecule has 0 spiro atoms. The zero-order valence-corrected chi connectivity index (χ0v) is 11.8. The Morgan fingerprint density at radius 3 is 3.06 bits per heavy atom. The van der Waals surface area contributed by atoms with Crippen LogP contribution in [0.1, 0.15) is 6.42 Å². The summed E-state index contributed by atoms with van der Waals surface area (Å²) in [6.07, 6.45) is 6.58. The number of ether oxygens (including phenoxy) is 1. The van der Waals surface area contributed by atoms with Gasteiger partial charge < -0.3 is 10.1 Å². The van der Waals surface area contributed by atoms with Gasteiger partial charge in [0.05, 0.1) is 5.71 Å². The summed E-state index contributed by atoms with van der Waals surface area (Å²) in [4.78, 5) is 8.36. The Kier molecular flexibility index (Phi) is 6.64. The fraction of sp³-hybridized carbons (Fsp3) is 0.500. The lowest BCUT2D eigenvalue weighted by Crippen LogP contribution is -2.10. The third-order valence-corrected chi connectivity index (χ3v) is 3.18. The molecule has 1 rings (SSSR count). The van der Waals surface area contributed by atoms with E-state index < -0.39 is 0 Å². The molecule has 0 saturated carbocycles. The number of aliphatic imine (C=N–C) groups is 1. The molecule has 0 radical (unpaired) electrons. The molecular formula is C10H16N4OS2. The molecule has 94 valence electrons. The number of rotatable bonds is 7. The van der Waals surface area contributed by atoms with Gasteiger partial charge in [0.25, 0.3) is 5.19 Å². The molecule has 0 aromatic carbocycles. The molecule has 1 aromatic rings. The Balaban J connectivity index is 2.39. The van der Waals surface area contributed by atoms with E-state index in [0.29, 0.717) is 11.8 Å². The Morgan fingerprint density at radius 2 is 2.47 bits per heavy atom. The van der Waals surface area contributed by atoms with E-state index in [0.717, 1.165) is 17.3 Å². The molecule has 0 unspecified atom stereocenters. The molecule has 0 aliphatic rings. The fourth-order valence-corrected chi connectivity index (χ4v) is 2.09. The van der Waals surface area contributed by atoms with E-state index in [1.807, 2.05) is 25.6 Å². The average molecular weight is 272 g/mol. The lowest BCUT2D eigenvalue weighted by atomic mass is 10.3. The highest BCUT2D eigenvalue weighted by atomic mass is 32.2. The third-order valence-electron chi connectivity index (χ3n) is 1.89. The van der Waals surface area contributed by atoms with E-state index in [9.17, 15) is 0 Å². The van der Waals surface area contributed by atoms with Gasteiger partial charge in [-0.25, -0.2) is 0 Å². The summed E-state index contributed by atoms with van der Waals surface area (Å²) in [5, 5.41) is 4.27. The van der Waals surface area contributed by atoms with E-state index in [1.165, 1.54) is 23.3 Å². The summed E-state index contributed by atoms with van der Waals surface area (Å²) >= 11 is 2.77. The molecule has 0 atom stereocenters. The van der Waals surface area contributed by atoms with Crippen molar-refractivity contribution in [3.8, 4) is 5.19 Å². The second-order valence-electron chi connectivity index (χ2n) is 3.02. The molecular weight excluding hydrogens is 256 g/mol. The van der Waals surface area contributed by atoms with Gasteiger partial charge in [-0.15, -0.1) is 0 Å². The number of nitrogens with zero attached hydrogens (tertiary/aromatic N) is 3. The molecule has 0 aliphatic carbocycles. The van der Waals surface area contributed by atoms with Crippen molar-refractivity contribution in [3.05, 3.63) is 12.3 Å². The van der Waals surface area contributed by atoms with E-state index in [-0.39, 0.29) is 0 Å². The molecule has 0 fully saturated rings. The first-order valence-corrected chi connectivity index (χ1v) is 7.07. The maximum atomic E-state index is 5.52.